The van der Waals surface area contributed by atoms with E-state index in [2.05, 4.69) is 15.3 Å². The van der Waals surface area contributed by atoms with Crippen molar-refractivity contribution in [1.29, 1.82) is 0 Å². The Labute approximate surface area is 150 Å². The van der Waals surface area contributed by atoms with Gasteiger partial charge < -0.3 is 25.4 Å². The SMILES string of the molecule is [2H]c1c([2H])c([2H])c(NC(=O)O/N=C2\OC(CO)C(O)C(O)C2NC(C)=O)c([2H])c1[2H]. The Morgan fingerprint density at radius 1 is 1.32 bits per heavy atom. The second-order valence-electron chi connectivity index (χ2n) is 4.93. The summed E-state index contributed by atoms with van der Waals surface area (Å²) in [6.45, 7) is 0.388. The lowest BCUT2D eigenvalue weighted by Crippen LogP contribution is -2.62. The molecule has 1 aromatic carbocycles. The second-order valence-corrected chi connectivity index (χ2v) is 4.93. The van der Waals surface area contributed by atoms with Gasteiger partial charge in [-0.05, 0) is 17.2 Å². The molecule has 0 bridgehead atoms. The summed E-state index contributed by atoms with van der Waals surface area (Å²) in [5, 5.41) is 36.8. The molecule has 1 heterocycles. The minimum atomic E-state index is -1.65. The third kappa shape index (κ3) is 4.89. The topological polar surface area (TPSA) is 150 Å². The number of hydrogen-bond acceptors (Lipinski definition) is 8. The highest BCUT2D eigenvalue weighted by Crippen LogP contribution is 2.18. The summed E-state index contributed by atoms with van der Waals surface area (Å²) in [4.78, 5) is 27.9. The van der Waals surface area contributed by atoms with Crippen molar-refractivity contribution in [2.45, 2.75) is 31.3 Å². The van der Waals surface area contributed by atoms with E-state index in [0.29, 0.717) is 0 Å². The van der Waals surface area contributed by atoms with Crippen LogP contribution in [0.15, 0.2) is 35.4 Å². The van der Waals surface area contributed by atoms with Crippen LogP contribution in [-0.2, 0) is 14.4 Å². The van der Waals surface area contributed by atoms with Crippen molar-refractivity contribution in [2.75, 3.05) is 11.9 Å². The van der Waals surface area contributed by atoms with Gasteiger partial charge in [-0.15, -0.1) is 0 Å². The van der Waals surface area contributed by atoms with Crippen molar-refractivity contribution in [3.63, 3.8) is 0 Å². The molecule has 25 heavy (non-hydrogen) atoms. The number of aliphatic hydroxyl groups is 3. The first-order valence-corrected chi connectivity index (χ1v) is 7.03. The highest BCUT2D eigenvalue weighted by Gasteiger charge is 2.44. The van der Waals surface area contributed by atoms with Gasteiger partial charge in [-0.2, -0.15) is 0 Å². The molecule has 5 N–H and O–H groups in total. The average molecular weight is 358 g/mol. The first-order chi connectivity index (χ1) is 14.0. The monoisotopic (exact) mass is 358 g/mol. The van der Waals surface area contributed by atoms with E-state index in [1.54, 1.807) is 0 Å². The third-order valence-electron chi connectivity index (χ3n) is 3.09. The standard InChI is InChI=1S/C15H19N3O7/c1-8(20)16-11-13(22)12(21)10(7-19)24-14(11)18-25-15(23)17-9-5-3-2-4-6-9/h2-6,10-13,19,21-22H,7H2,1H3,(H,16,20)(H,17,23)/b18-14-/i2D,3D,4D,5D,6D. The molecule has 0 spiro atoms. The molecule has 136 valence electrons. The number of nitrogens with one attached hydrogen (secondary N) is 2. The van der Waals surface area contributed by atoms with Crippen LogP contribution >= 0.6 is 0 Å². The van der Waals surface area contributed by atoms with Crippen LogP contribution in [0.1, 0.15) is 13.8 Å². The van der Waals surface area contributed by atoms with Gasteiger partial charge >= 0.3 is 6.09 Å². The highest BCUT2D eigenvalue weighted by molar-refractivity contribution is 5.89. The molecule has 2 amide bonds. The molecular weight excluding hydrogens is 334 g/mol. The van der Waals surface area contributed by atoms with E-state index in [0.717, 1.165) is 6.92 Å². The number of anilines is 1. The van der Waals surface area contributed by atoms with Crippen LogP contribution in [0.5, 0.6) is 0 Å². The van der Waals surface area contributed by atoms with Gasteiger partial charge in [-0.25, -0.2) is 4.79 Å². The molecule has 10 heteroatoms. The van der Waals surface area contributed by atoms with Crippen molar-refractivity contribution in [3.05, 3.63) is 30.2 Å². The normalized spacial score (nSPS) is 30.1. The van der Waals surface area contributed by atoms with Crippen LogP contribution in [-0.4, -0.2) is 64.2 Å². The van der Waals surface area contributed by atoms with E-state index < -0.39 is 84.8 Å². The van der Waals surface area contributed by atoms with Gasteiger partial charge in [-0.3, -0.25) is 14.9 Å². The lowest BCUT2D eigenvalue weighted by Gasteiger charge is -2.37. The smallest absolute Gasteiger partial charge is 0.437 e. The fourth-order valence-corrected chi connectivity index (χ4v) is 1.97. The van der Waals surface area contributed by atoms with Crippen molar-refractivity contribution in [3.8, 4) is 0 Å². The maximum atomic E-state index is 12.0. The number of rotatable bonds is 4. The van der Waals surface area contributed by atoms with Gasteiger partial charge in [-0.1, -0.05) is 18.1 Å². The van der Waals surface area contributed by atoms with Crippen molar-refractivity contribution >= 4 is 23.6 Å². The Kier molecular flexibility index (Phi) is 4.26. The number of hydrogen-bond donors (Lipinski definition) is 5. The Morgan fingerprint density at radius 2 is 2.00 bits per heavy atom. The zero-order chi connectivity index (χ0) is 22.7. The van der Waals surface area contributed by atoms with Crippen molar-refractivity contribution < 1.29 is 41.3 Å². The molecule has 0 saturated carbocycles. The number of nitrogens with zero attached hydrogens (tertiary/aromatic N) is 1. The molecule has 1 aromatic rings. The fourth-order valence-electron chi connectivity index (χ4n) is 1.97. The molecule has 0 radical (unpaired) electrons. The van der Waals surface area contributed by atoms with Crippen LogP contribution in [0, 0.1) is 0 Å². The van der Waals surface area contributed by atoms with E-state index in [4.69, 9.17) is 11.6 Å². The molecule has 0 aromatic heterocycles. The third-order valence-corrected chi connectivity index (χ3v) is 3.09. The van der Waals surface area contributed by atoms with Crippen LogP contribution in [0.4, 0.5) is 10.5 Å². The van der Waals surface area contributed by atoms with E-state index in [9.17, 15) is 24.9 Å². The molecule has 2 rings (SSSR count). The Bertz CT molecular complexity index is 856. The van der Waals surface area contributed by atoms with Gasteiger partial charge in [0, 0.05) is 12.6 Å². The summed E-state index contributed by atoms with van der Waals surface area (Å²) in [6, 6.07) is -4.79. The Balaban J connectivity index is 2.24. The first-order valence-electron chi connectivity index (χ1n) is 9.53. The number of ether oxygens (including phenoxy) is 1. The number of para-hydroxylation sites is 1. The maximum Gasteiger partial charge on any atom is 0.437 e. The number of amides is 2. The minimum absolute atomic E-state index is 0.543. The minimum Gasteiger partial charge on any atom is -0.468 e. The van der Waals surface area contributed by atoms with Gasteiger partial charge in [0.25, 0.3) is 5.90 Å². The molecule has 1 fully saturated rings. The van der Waals surface area contributed by atoms with Crippen molar-refractivity contribution in [1.82, 2.24) is 5.32 Å². The molecule has 0 aliphatic carbocycles. The quantitative estimate of drug-likeness (QED) is 0.348. The summed E-state index contributed by atoms with van der Waals surface area (Å²) in [7, 11) is 0. The van der Waals surface area contributed by atoms with Crippen LogP contribution < -0.4 is 10.6 Å². The van der Waals surface area contributed by atoms with E-state index in [1.165, 1.54) is 0 Å². The number of benzene rings is 1. The van der Waals surface area contributed by atoms with Gasteiger partial charge in [0.1, 0.15) is 18.2 Å². The summed E-state index contributed by atoms with van der Waals surface area (Å²) < 4.78 is 43.2. The molecule has 4 atom stereocenters. The van der Waals surface area contributed by atoms with Gasteiger partial charge in [0.2, 0.25) is 5.91 Å². The number of carbonyl (C=O) groups excluding carboxylic acids is 2. The van der Waals surface area contributed by atoms with Gasteiger partial charge in [0.05, 0.1) is 13.5 Å². The molecule has 1 aliphatic heterocycles. The van der Waals surface area contributed by atoms with Crippen LogP contribution in [0.2, 0.25) is 0 Å². The lowest BCUT2D eigenvalue weighted by molar-refractivity contribution is -0.126. The highest BCUT2D eigenvalue weighted by atomic mass is 16.7. The fraction of sp³-hybridized carbons (Fsp3) is 0.400. The molecule has 1 aliphatic rings. The maximum absolute atomic E-state index is 12.0. The number of carbonyl (C=O) groups is 2. The molecule has 1 saturated heterocycles. The largest absolute Gasteiger partial charge is 0.468 e. The zero-order valence-electron chi connectivity index (χ0n) is 17.9. The number of oxime groups is 1. The summed E-state index contributed by atoms with van der Waals surface area (Å²) in [5.41, 5.74) is -0.558. The predicted molar refractivity (Wildman–Crippen MR) is 85.6 cm³/mol. The molecule has 10 nitrogen and oxygen atoms in total. The van der Waals surface area contributed by atoms with Crippen LogP contribution in [0.3, 0.4) is 0 Å². The van der Waals surface area contributed by atoms with E-state index in [-0.39, 0.29) is 0 Å². The average Bonchev–Trinajstić information content (AvgIpc) is 2.70. The zero-order valence-corrected chi connectivity index (χ0v) is 12.9. The summed E-state index contributed by atoms with van der Waals surface area (Å²) in [5.74, 6) is -1.17. The Hall–Kier alpha value is -2.69. The predicted octanol–water partition coefficient (Wildman–Crippen LogP) is -0.834. The lowest BCUT2D eigenvalue weighted by atomic mass is 9.97. The molecular formula is C15H19N3O7. The summed E-state index contributed by atoms with van der Waals surface area (Å²) >= 11 is 0. The van der Waals surface area contributed by atoms with Gasteiger partial charge in [0.15, 0.2) is 6.10 Å². The first kappa shape index (κ1) is 12.6. The Morgan fingerprint density at radius 3 is 2.60 bits per heavy atom. The van der Waals surface area contributed by atoms with Crippen LogP contribution in [0.25, 0.3) is 0 Å². The van der Waals surface area contributed by atoms with Crippen molar-refractivity contribution in [2.24, 2.45) is 5.16 Å². The second kappa shape index (κ2) is 8.42. The van der Waals surface area contributed by atoms with E-state index in [1.807, 2.05) is 5.32 Å². The molecule has 4 unspecified atom stereocenters. The van der Waals surface area contributed by atoms with E-state index >= 15 is 0 Å². The number of aliphatic hydroxyl groups excluding tert-OH is 3. The summed E-state index contributed by atoms with van der Waals surface area (Å²) in [6.07, 6.45) is -5.92.